The van der Waals surface area contributed by atoms with Crippen LogP contribution in [0.4, 0.5) is 0 Å². The van der Waals surface area contributed by atoms with Gasteiger partial charge in [0, 0.05) is 35.4 Å². The minimum absolute atomic E-state index is 0.0166. The van der Waals surface area contributed by atoms with E-state index < -0.39 is 11.5 Å². The summed E-state index contributed by atoms with van der Waals surface area (Å²) in [6.07, 6.45) is 1.74. The number of carboxylic acid groups (broad SMARTS) is 1. The average Bonchev–Trinajstić information content (AvgIpc) is 3.02. The molecule has 0 atom stereocenters. The van der Waals surface area contributed by atoms with Crippen LogP contribution in [0.2, 0.25) is 5.02 Å². The molecule has 2 N–H and O–H groups in total. The van der Waals surface area contributed by atoms with E-state index in [-0.39, 0.29) is 12.3 Å². The van der Waals surface area contributed by atoms with E-state index in [1.54, 1.807) is 12.1 Å². The third-order valence-corrected chi connectivity index (χ3v) is 4.06. The molecule has 140 valence electrons. The van der Waals surface area contributed by atoms with Crippen molar-refractivity contribution in [2.24, 2.45) is 0 Å². The normalized spacial score (nSPS) is 11.3. The molecule has 0 aliphatic carbocycles. The molecule has 0 spiro atoms. The highest BCUT2D eigenvalue weighted by molar-refractivity contribution is 6.30. The number of nitrogens with one attached hydrogen (secondary N) is 1. The number of rotatable bonds is 9. The summed E-state index contributed by atoms with van der Waals surface area (Å²) in [6, 6.07) is 7.12. The Morgan fingerprint density at radius 1 is 1.23 bits per heavy atom. The molecule has 2 aromatic rings. The van der Waals surface area contributed by atoms with Crippen LogP contribution in [0.1, 0.15) is 45.4 Å². The zero-order valence-electron chi connectivity index (χ0n) is 14.8. The second-order valence-electron chi connectivity index (χ2n) is 6.70. The topological polar surface area (TPSA) is 105 Å². The van der Waals surface area contributed by atoms with Gasteiger partial charge in [-0.2, -0.15) is 4.98 Å². The van der Waals surface area contributed by atoms with Crippen LogP contribution < -0.4 is 5.32 Å². The van der Waals surface area contributed by atoms with Crippen molar-refractivity contribution in [3.63, 3.8) is 0 Å². The Morgan fingerprint density at radius 2 is 1.92 bits per heavy atom. The molecule has 0 aliphatic heterocycles. The van der Waals surface area contributed by atoms with E-state index in [9.17, 15) is 9.59 Å². The summed E-state index contributed by atoms with van der Waals surface area (Å²) in [5.41, 5.74) is 0.254. The largest absolute Gasteiger partial charge is 0.481 e. The van der Waals surface area contributed by atoms with E-state index in [0.717, 1.165) is 5.56 Å². The summed E-state index contributed by atoms with van der Waals surface area (Å²) in [6.45, 7) is 3.62. The number of carboxylic acids is 1. The summed E-state index contributed by atoms with van der Waals surface area (Å²) < 4.78 is 5.21. The maximum atomic E-state index is 12.0. The highest BCUT2D eigenvalue weighted by atomic mass is 35.5. The molecule has 0 bridgehead atoms. The van der Waals surface area contributed by atoms with E-state index >= 15 is 0 Å². The quantitative estimate of drug-likeness (QED) is 0.691. The first-order chi connectivity index (χ1) is 12.2. The van der Waals surface area contributed by atoms with Gasteiger partial charge >= 0.3 is 5.97 Å². The SMILES string of the molecule is CC(C)(CCC(=O)O)NC(=O)CCCc1nc(-c2ccc(Cl)cc2)no1. The van der Waals surface area contributed by atoms with Gasteiger partial charge in [0.2, 0.25) is 17.6 Å². The minimum Gasteiger partial charge on any atom is -0.481 e. The molecule has 0 aliphatic rings. The maximum absolute atomic E-state index is 12.0. The molecule has 0 unspecified atom stereocenters. The first-order valence-corrected chi connectivity index (χ1v) is 8.74. The Kier molecular flexibility index (Phi) is 6.74. The van der Waals surface area contributed by atoms with Crippen molar-refractivity contribution in [3.05, 3.63) is 35.2 Å². The summed E-state index contributed by atoms with van der Waals surface area (Å²) in [7, 11) is 0. The molecular formula is C18H22ClN3O4. The van der Waals surface area contributed by atoms with E-state index in [4.69, 9.17) is 21.2 Å². The number of hydrogen-bond donors (Lipinski definition) is 2. The fraction of sp³-hybridized carbons (Fsp3) is 0.444. The standard InChI is InChI=1S/C18H22ClN3O4/c1-18(2,11-10-16(24)25)21-14(23)4-3-5-15-20-17(22-26-15)12-6-8-13(19)9-7-12/h6-9H,3-5,10-11H2,1-2H3,(H,21,23)(H,24,25). The molecule has 0 radical (unpaired) electrons. The van der Waals surface area contributed by atoms with Gasteiger partial charge in [-0.15, -0.1) is 0 Å². The maximum Gasteiger partial charge on any atom is 0.303 e. The number of halogens is 1. The van der Waals surface area contributed by atoms with E-state index in [2.05, 4.69) is 15.5 Å². The molecule has 0 saturated carbocycles. The summed E-state index contributed by atoms with van der Waals surface area (Å²) >= 11 is 5.85. The van der Waals surface area contributed by atoms with E-state index in [1.807, 2.05) is 26.0 Å². The number of amides is 1. The number of benzene rings is 1. The number of aryl methyl sites for hydroxylation is 1. The van der Waals surface area contributed by atoms with Crippen LogP contribution in [-0.4, -0.2) is 32.7 Å². The van der Waals surface area contributed by atoms with Crippen molar-refractivity contribution in [1.82, 2.24) is 15.5 Å². The predicted octanol–water partition coefficient (Wildman–Crippen LogP) is 3.47. The van der Waals surface area contributed by atoms with Crippen molar-refractivity contribution < 1.29 is 19.2 Å². The van der Waals surface area contributed by atoms with Gasteiger partial charge in [-0.3, -0.25) is 9.59 Å². The second-order valence-corrected chi connectivity index (χ2v) is 7.13. The van der Waals surface area contributed by atoms with Crippen LogP contribution in [0.15, 0.2) is 28.8 Å². The van der Waals surface area contributed by atoms with Gasteiger partial charge < -0.3 is 14.9 Å². The summed E-state index contributed by atoms with van der Waals surface area (Å²) in [5, 5.41) is 16.1. The molecule has 0 fully saturated rings. The molecule has 7 nitrogen and oxygen atoms in total. The lowest BCUT2D eigenvalue weighted by atomic mass is 9.98. The number of hydrogen-bond acceptors (Lipinski definition) is 5. The van der Waals surface area contributed by atoms with Crippen molar-refractivity contribution in [3.8, 4) is 11.4 Å². The lowest BCUT2D eigenvalue weighted by molar-refractivity contribution is -0.137. The molecule has 1 aromatic carbocycles. The number of aliphatic carboxylic acids is 1. The number of aromatic nitrogens is 2. The van der Waals surface area contributed by atoms with Crippen LogP contribution in [0, 0.1) is 0 Å². The first-order valence-electron chi connectivity index (χ1n) is 8.36. The Bertz CT molecular complexity index is 756. The van der Waals surface area contributed by atoms with Crippen LogP contribution in [0.25, 0.3) is 11.4 Å². The molecular weight excluding hydrogens is 358 g/mol. The molecule has 1 amide bonds. The molecule has 2 rings (SSSR count). The number of carbonyl (C=O) groups excluding carboxylic acids is 1. The smallest absolute Gasteiger partial charge is 0.303 e. The van der Waals surface area contributed by atoms with E-state index in [0.29, 0.717) is 42.4 Å². The van der Waals surface area contributed by atoms with Crippen molar-refractivity contribution >= 4 is 23.5 Å². The van der Waals surface area contributed by atoms with Gasteiger partial charge in [-0.25, -0.2) is 0 Å². The molecule has 1 heterocycles. The Labute approximate surface area is 156 Å². The van der Waals surface area contributed by atoms with Crippen molar-refractivity contribution in [1.29, 1.82) is 0 Å². The Balaban J connectivity index is 1.78. The summed E-state index contributed by atoms with van der Waals surface area (Å²) in [5.74, 6) is -0.0538. The van der Waals surface area contributed by atoms with Crippen LogP contribution in [-0.2, 0) is 16.0 Å². The van der Waals surface area contributed by atoms with Gasteiger partial charge in [0.05, 0.1) is 0 Å². The van der Waals surface area contributed by atoms with Gasteiger partial charge in [-0.1, -0.05) is 16.8 Å². The summed E-state index contributed by atoms with van der Waals surface area (Å²) in [4.78, 5) is 27.0. The number of carbonyl (C=O) groups is 2. The molecule has 0 saturated heterocycles. The highest BCUT2D eigenvalue weighted by Gasteiger charge is 2.21. The van der Waals surface area contributed by atoms with Crippen LogP contribution in [0.5, 0.6) is 0 Å². The predicted molar refractivity (Wildman–Crippen MR) is 96.8 cm³/mol. The zero-order chi connectivity index (χ0) is 19.2. The highest BCUT2D eigenvalue weighted by Crippen LogP contribution is 2.19. The van der Waals surface area contributed by atoms with Gasteiger partial charge in [-0.05, 0) is 51.0 Å². The fourth-order valence-corrected chi connectivity index (χ4v) is 2.52. The lowest BCUT2D eigenvalue weighted by Gasteiger charge is -2.25. The Morgan fingerprint density at radius 3 is 2.58 bits per heavy atom. The fourth-order valence-electron chi connectivity index (χ4n) is 2.39. The molecule has 1 aromatic heterocycles. The zero-order valence-corrected chi connectivity index (χ0v) is 15.5. The monoisotopic (exact) mass is 379 g/mol. The molecule has 8 heteroatoms. The third kappa shape index (κ3) is 6.48. The first kappa shape index (κ1) is 19.9. The second kappa shape index (κ2) is 8.80. The number of nitrogens with zero attached hydrogens (tertiary/aromatic N) is 2. The molecule has 26 heavy (non-hydrogen) atoms. The lowest BCUT2D eigenvalue weighted by Crippen LogP contribution is -2.43. The van der Waals surface area contributed by atoms with Crippen LogP contribution in [0.3, 0.4) is 0 Å². The third-order valence-electron chi connectivity index (χ3n) is 3.81. The average molecular weight is 380 g/mol. The van der Waals surface area contributed by atoms with E-state index in [1.165, 1.54) is 0 Å². The minimum atomic E-state index is -0.875. The van der Waals surface area contributed by atoms with Crippen molar-refractivity contribution in [2.45, 2.75) is 51.5 Å². The van der Waals surface area contributed by atoms with Gasteiger partial charge in [0.1, 0.15) is 0 Å². The van der Waals surface area contributed by atoms with Crippen molar-refractivity contribution in [2.75, 3.05) is 0 Å². The Hall–Kier alpha value is -2.41. The van der Waals surface area contributed by atoms with Crippen LogP contribution >= 0.6 is 11.6 Å². The van der Waals surface area contributed by atoms with Gasteiger partial charge in [0.25, 0.3) is 0 Å². The van der Waals surface area contributed by atoms with Gasteiger partial charge in [0.15, 0.2) is 0 Å².